The molecule has 0 aromatic heterocycles. The van der Waals surface area contributed by atoms with Gasteiger partial charge >= 0.3 is 0 Å². The molecule has 0 saturated carbocycles. The molecule has 1 saturated heterocycles. The highest BCUT2D eigenvalue weighted by Crippen LogP contribution is 2.29. The quantitative estimate of drug-likeness (QED) is 0.488. The van der Waals surface area contributed by atoms with Crippen LogP contribution in [0.2, 0.25) is 0 Å². The van der Waals surface area contributed by atoms with E-state index >= 15 is 0 Å². The fourth-order valence-electron chi connectivity index (χ4n) is 1.59. The Kier molecular flexibility index (Phi) is 2.93. The number of hydrogen-bond donors (Lipinski definition) is 1. The lowest BCUT2D eigenvalue weighted by Gasteiger charge is -2.37. The van der Waals surface area contributed by atoms with Gasteiger partial charge in [-0.2, -0.15) is 5.26 Å². The van der Waals surface area contributed by atoms with E-state index in [4.69, 9.17) is 5.26 Å². The Labute approximate surface area is 74.4 Å². The summed E-state index contributed by atoms with van der Waals surface area (Å²) in [6.07, 6.45) is 4.37. The van der Waals surface area contributed by atoms with Gasteiger partial charge < -0.3 is 10.2 Å². The second-order valence-corrected chi connectivity index (χ2v) is 4.08. The predicted octanol–water partition coefficient (Wildman–Crippen LogP) is 0.789. The van der Waals surface area contributed by atoms with Gasteiger partial charge in [0.15, 0.2) is 6.19 Å². The van der Waals surface area contributed by atoms with Gasteiger partial charge in [0.25, 0.3) is 0 Å². The molecule has 1 heterocycles. The topological polar surface area (TPSA) is 39.1 Å². The van der Waals surface area contributed by atoms with Crippen LogP contribution in [0, 0.1) is 16.9 Å². The Morgan fingerprint density at radius 3 is 2.58 bits per heavy atom. The molecule has 1 aliphatic heterocycles. The Hall–Kier alpha value is -0.750. The lowest BCUT2D eigenvalue weighted by Crippen LogP contribution is -2.41. The van der Waals surface area contributed by atoms with E-state index in [2.05, 4.69) is 24.2 Å². The number of nitriles is 1. The fourth-order valence-corrected chi connectivity index (χ4v) is 1.59. The molecule has 0 radical (unpaired) electrons. The molecule has 12 heavy (non-hydrogen) atoms. The Morgan fingerprint density at radius 1 is 1.50 bits per heavy atom. The van der Waals surface area contributed by atoms with E-state index in [0.717, 1.165) is 19.6 Å². The number of nitrogens with zero attached hydrogens (tertiary/aromatic N) is 2. The van der Waals surface area contributed by atoms with E-state index < -0.39 is 0 Å². The maximum Gasteiger partial charge on any atom is 0.176 e. The third-order valence-corrected chi connectivity index (χ3v) is 2.79. The van der Waals surface area contributed by atoms with Gasteiger partial charge in [0, 0.05) is 6.54 Å². The van der Waals surface area contributed by atoms with Crippen molar-refractivity contribution in [1.82, 2.24) is 10.2 Å². The zero-order valence-electron chi connectivity index (χ0n) is 7.93. The number of likely N-dealkylation sites (tertiary alicyclic amines) is 1. The summed E-state index contributed by atoms with van der Waals surface area (Å²) >= 11 is 0. The largest absolute Gasteiger partial charge is 0.323 e. The van der Waals surface area contributed by atoms with Gasteiger partial charge in [-0.1, -0.05) is 6.92 Å². The van der Waals surface area contributed by atoms with Gasteiger partial charge in [0.2, 0.25) is 0 Å². The van der Waals surface area contributed by atoms with Crippen molar-refractivity contribution in [2.45, 2.75) is 19.8 Å². The summed E-state index contributed by atoms with van der Waals surface area (Å²) in [5, 5.41) is 11.2. The minimum Gasteiger partial charge on any atom is -0.323 e. The smallest absolute Gasteiger partial charge is 0.176 e. The van der Waals surface area contributed by atoms with Gasteiger partial charge in [-0.3, -0.25) is 0 Å². The van der Waals surface area contributed by atoms with Crippen LogP contribution in [0.1, 0.15) is 19.8 Å². The Bertz CT molecular complexity index is 175. The Balaban J connectivity index is 2.35. The first-order chi connectivity index (χ1) is 5.66. The highest BCUT2D eigenvalue weighted by molar-refractivity contribution is 4.85. The molecule has 1 N–H and O–H groups in total. The van der Waals surface area contributed by atoms with Gasteiger partial charge in [-0.25, -0.2) is 0 Å². The van der Waals surface area contributed by atoms with Crippen LogP contribution >= 0.6 is 0 Å². The predicted molar refractivity (Wildman–Crippen MR) is 48.5 cm³/mol. The molecule has 0 unspecified atom stereocenters. The summed E-state index contributed by atoms with van der Waals surface area (Å²) in [4.78, 5) is 2.34. The van der Waals surface area contributed by atoms with Gasteiger partial charge in [-0.15, -0.1) is 0 Å². The molecule has 0 aromatic rings. The van der Waals surface area contributed by atoms with Crippen LogP contribution in [-0.2, 0) is 0 Å². The molecular weight excluding hydrogens is 150 g/mol. The molecule has 1 rings (SSSR count). The molecule has 0 aliphatic carbocycles. The number of piperidine rings is 1. The van der Waals surface area contributed by atoms with Crippen molar-refractivity contribution in [1.29, 1.82) is 5.26 Å². The third-order valence-electron chi connectivity index (χ3n) is 2.79. The van der Waals surface area contributed by atoms with Crippen LogP contribution in [0.25, 0.3) is 0 Å². The van der Waals surface area contributed by atoms with E-state index in [1.54, 1.807) is 0 Å². The first-order valence-electron chi connectivity index (χ1n) is 4.47. The molecule has 0 atom stereocenters. The molecule has 0 spiro atoms. The molecule has 1 fully saturated rings. The summed E-state index contributed by atoms with van der Waals surface area (Å²) in [6, 6.07) is 0. The van der Waals surface area contributed by atoms with Gasteiger partial charge in [0.05, 0.1) is 0 Å². The van der Waals surface area contributed by atoms with Gasteiger partial charge in [0.1, 0.15) is 0 Å². The van der Waals surface area contributed by atoms with Crippen LogP contribution < -0.4 is 5.32 Å². The van der Waals surface area contributed by atoms with E-state index in [-0.39, 0.29) is 0 Å². The van der Waals surface area contributed by atoms with Crippen LogP contribution in [0.5, 0.6) is 0 Å². The molecule has 0 amide bonds. The zero-order chi connectivity index (χ0) is 9.03. The SMILES string of the molecule is CN1CCC(C)(CNC#N)CC1. The summed E-state index contributed by atoms with van der Waals surface area (Å²) < 4.78 is 0. The van der Waals surface area contributed by atoms with Crippen molar-refractivity contribution in [2.24, 2.45) is 5.41 Å². The normalized spacial score (nSPS) is 23.1. The van der Waals surface area contributed by atoms with Crippen molar-refractivity contribution < 1.29 is 0 Å². The van der Waals surface area contributed by atoms with E-state index in [1.807, 2.05) is 6.19 Å². The minimum atomic E-state index is 0.336. The molecule has 3 heteroatoms. The standard InChI is InChI=1S/C9H17N3/c1-9(7-11-8-10)3-5-12(2)6-4-9/h11H,3-7H2,1-2H3. The van der Waals surface area contributed by atoms with E-state index in [1.165, 1.54) is 12.8 Å². The Morgan fingerprint density at radius 2 is 2.08 bits per heavy atom. The second kappa shape index (κ2) is 3.77. The van der Waals surface area contributed by atoms with Gasteiger partial charge in [-0.05, 0) is 38.4 Å². The van der Waals surface area contributed by atoms with Crippen LogP contribution in [0.4, 0.5) is 0 Å². The molecular formula is C9H17N3. The number of nitrogens with one attached hydrogen (secondary N) is 1. The fraction of sp³-hybridized carbons (Fsp3) is 0.889. The van der Waals surface area contributed by atoms with E-state index in [9.17, 15) is 0 Å². The van der Waals surface area contributed by atoms with Crippen molar-refractivity contribution in [3.05, 3.63) is 0 Å². The lowest BCUT2D eigenvalue weighted by atomic mass is 9.80. The molecule has 0 aromatic carbocycles. The lowest BCUT2D eigenvalue weighted by molar-refractivity contribution is 0.141. The summed E-state index contributed by atoms with van der Waals surface area (Å²) in [5.74, 6) is 0. The first kappa shape index (κ1) is 9.34. The summed E-state index contributed by atoms with van der Waals surface area (Å²) in [5.41, 5.74) is 0.336. The van der Waals surface area contributed by atoms with Crippen molar-refractivity contribution in [2.75, 3.05) is 26.7 Å². The highest BCUT2D eigenvalue weighted by Gasteiger charge is 2.28. The maximum atomic E-state index is 8.39. The maximum absolute atomic E-state index is 8.39. The first-order valence-corrected chi connectivity index (χ1v) is 4.47. The van der Waals surface area contributed by atoms with Crippen LogP contribution in [0.15, 0.2) is 0 Å². The molecule has 3 nitrogen and oxygen atoms in total. The minimum absolute atomic E-state index is 0.336. The average molecular weight is 167 g/mol. The average Bonchev–Trinajstić information content (AvgIpc) is 2.08. The van der Waals surface area contributed by atoms with Crippen LogP contribution in [-0.4, -0.2) is 31.6 Å². The van der Waals surface area contributed by atoms with Crippen molar-refractivity contribution in [3.63, 3.8) is 0 Å². The highest BCUT2D eigenvalue weighted by atomic mass is 15.1. The second-order valence-electron chi connectivity index (χ2n) is 4.08. The molecule has 0 bridgehead atoms. The molecule has 1 aliphatic rings. The third kappa shape index (κ3) is 2.38. The van der Waals surface area contributed by atoms with E-state index in [0.29, 0.717) is 5.41 Å². The molecule has 68 valence electrons. The monoisotopic (exact) mass is 167 g/mol. The zero-order valence-corrected chi connectivity index (χ0v) is 7.93. The van der Waals surface area contributed by atoms with Crippen molar-refractivity contribution >= 4 is 0 Å². The van der Waals surface area contributed by atoms with Crippen molar-refractivity contribution in [3.8, 4) is 6.19 Å². The number of rotatable bonds is 2. The van der Waals surface area contributed by atoms with Crippen LogP contribution in [0.3, 0.4) is 0 Å². The number of hydrogen-bond acceptors (Lipinski definition) is 3. The summed E-state index contributed by atoms with van der Waals surface area (Å²) in [6.45, 7) is 5.40. The summed E-state index contributed by atoms with van der Waals surface area (Å²) in [7, 11) is 2.15.